The predicted octanol–water partition coefficient (Wildman–Crippen LogP) is 3.08. The summed E-state index contributed by atoms with van der Waals surface area (Å²) in [5, 5.41) is 0. The van der Waals surface area contributed by atoms with Gasteiger partial charge in [-0.1, -0.05) is 13.8 Å². The molecule has 19 heavy (non-hydrogen) atoms. The van der Waals surface area contributed by atoms with Crippen LogP contribution in [0.1, 0.15) is 40.0 Å². The van der Waals surface area contributed by atoms with Crippen LogP contribution in [0.25, 0.3) is 0 Å². The van der Waals surface area contributed by atoms with Gasteiger partial charge >= 0.3 is 0 Å². The van der Waals surface area contributed by atoms with Gasteiger partial charge in [0.1, 0.15) is 5.82 Å². The van der Waals surface area contributed by atoms with Gasteiger partial charge in [-0.15, -0.1) is 0 Å². The lowest BCUT2D eigenvalue weighted by Gasteiger charge is -2.38. The van der Waals surface area contributed by atoms with Crippen LogP contribution in [0, 0.1) is 5.92 Å². The zero-order valence-electron chi connectivity index (χ0n) is 12.2. The first kappa shape index (κ1) is 14.0. The third-order valence-electron chi connectivity index (χ3n) is 3.99. The summed E-state index contributed by atoms with van der Waals surface area (Å²) in [4.78, 5) is 6.96. The maximum Gasteiger partial charge on any atom is 0.239 e. The molecule has 0 bridgehead atoms. The molecular weight excluding hydrogens is 238 g/mol. The van der Waals surface area contributed by atoms with Crippen molar-refractivity contribution in [3.8, 4) is 5.88 Å². The second-order valence-corrected chi connectivity index (χ2v) is 5.47. The lowest BCUT2D eigenvalue weighted by atomic mass is 9.92. The van der Waals surface area contributed by atoms with Crippen LogP contribution in [0.5, 0.6) is 5.88 Å². The average Bonchev–Trinajstić information content (AvgIpc) is 2.41. The van der Waals surface area contributed by atoms with E-state index in [9.17, 15) is 0 Å². The topological polar surface area (TPSA) is 51.4 Å². The Morgan fingerprint density at radius 2 is 2.21 bits per heavy atom. The lowest BCUT2D eigenvalue weighted by molar-refractivity contribution is 0.305. The third kappa shape index (κ3) is 3.11. The van der Waals surface area contributed by atoms with Crippen LogP contribution < -0.4 is 15.4 Å². The molecule has 2 atom stereocenters. The second-order valence-electron chi connectivity index (χ2n) is 5.47. The first-order valence-electron chi connectivity index (χ1n) is 7.29. The fourth-order valence-electron chi connectivity index (χ4n) is 2.57. The highest BCUT2D eigenvalue weighted by atomic mass is 16.5. The maximum absolute atomic E-state index is 5.92. The number of ether oxygens (including phenoxy) is 1. The number of nitrogen functional groups attached to an aromatic ring is 1. The molecule has 0 spiro atoms. The van der Waals surface area contributed by atoms with Crippen LogP contribution in [0.3, 0.4) is 0 Å². The molecule has 0 aromatic carbocycles. The SMILES string of the molecule is CCCOc1nc(N2CCCC(C)C2C)ccc1N. The fourth-order valence-corrected chi connectivity index (χ4v) is 2.57. The van der Waals surface area contributed by atoms with Crippen LogP contribution in [-0.4, -0.2) is 24.2 Å². The van der Waals surface area contributed by atoms with Crippen molar-refractivity contribution >= 4 is 11.5 Å². The Labute approximate surface area is 116 Å². The Kier molecular flexibility index (Phi) is 4.51. The minimum Gasteiger partial charge on any atom is -0.476 e. The summed E-state index contributed by atoms with van der Waals surface area (Å²) in [6.07, 6.45) is 3.48. The van der Waals surface area contributed by atoms with Gasteiger partial charge in [-0.25, -0.2) is 0 Å². The molecule has 106 valence electrons. The smallest absolute Gasteiger partial charge is 0.239 e. The molecule has 2 heterocycles. The lowest BCUT2D eigenvalue weighted by Crippen LogP contribution is -2.42. The van der Waals surface area contributed by atoms with E-state index in [0.29, 0.717) is 30.1 Å². The van der Waals surface area contributed by atoms with Crippen molar-refractivity contribution in [3.05, 3.63) is 12.1 Å². The highest BCUT2D eigenvalue weighted by Crippen LogP contribution is 2.30. The van der Waals surface area contributed by atoms with E-state index in [1.807, 2.05) is 12.1 Å². The normalized spacial score (nSPS) is 23.4. The molecule has 1 saturated heterocycles. The Morgan fingerprint density at radius 3 is 2.95 bits per heavy atom. The number of nitrogens with two attached hydrogens (primary N) is 1. The van der Waals surface area contributed by atoms with Crippen molar-refractivity contribution in [1.29, 1.82) is 0 Å². The van der Waals surface area contributed by atoms with E-state index in [4.69, 9.17) is 10.5 Å². The fraction of sp³-hybridized carbons (Fsp3) is 0.667. The minimum atomic E-state index is 0.517. The van der Waals surface area contributed by atoms with E-state index < -0.39 is 0 Å². The first-order chi connectivity index (χ1) is 9.13. The number of rotatable bonds is 4. The van der Waals surface area contributed by atoms with Crippen molar-refractivity contribution in [2.24, 2.45) is 5.92 Å². The monoisotopic (exact) mass is 263 g/mol. The molecule has 1 aromatic heterocycles. The summed E-state index contributed by atoms with van der Waals surface area (Å²) in [5.74, 6) is 2.26. The molecule has 0 radical (unpaired) electrons. The first-order valence-corrected chi connectivity index (χ1v) is 7.29. The van der Waals surface area contributed by atoms with Gasteiger partial charge in [0.15, 0.2) is 0 Å². The molecular formula is C15H25N3O. The van der Waals surface area contributed by atoms with Gasteiger partial charge in [0.25, 0.3) is 0 Å². The number of aromatic nitrogens is 1. The van der Waals surface area contributed by atoms with Crippen LogP contribution in [0.15, 0.2) is 12.1 Å². The van der Waals surface area contributed by atoms with Gasteiger partial charge in [-0.05, 0) is 44.2 Å². The van der Waals surface area contributed by atoms with E-state index in [1.54, 1.807) is 0 Å². The number of hydrogen-bond donors (Lipinski definition) is 1. The standard InChI is InChI=1S/C15H25N3O/c1-4-10-19-15-13(16)7-8-14(17-15)18-9-5-6-11(2)12(18)3/h7-8,11-12H,4-6,9-10,16H2,1-3H3. The van der Waals surface area contributed by atoms with E-state index in [1.165, 1.54) is 12.8 Å². The largest absolute Gasteiger partial charge is 0.476 e. The summed E-state index contributed by atoms with van der Waals surface area (Å²) in [5.41, 5.74) is 6.54. The predicted molar refractivity (Wildman–Crippen MR) is 79.6 cm³/mol. The van der Waals surface area contributed by atoms with E-state index in [-0.39, 0.29) is 0 Å². The van der Waals surface area contributed by atoms with E-state index >= 15 is 0 Å². The van der Waals surface area contributed by atoms with Crippen molar-refractivity contribution in [1.82, 2.24) is 4.98 Å². The number of piperidine rings is 1. The van der Waals surface area contributed by atoms with Crippen LogP contribution in [0.4, 0.5) is 11.5 Å². The number of pyridine rings is 1. The molecule has 1 aliphatic heterocycles. The molecule has 0 aliphatic carbocycles. The molecule has 0 amide bonds. The van der Waals surface area contributed by atoms with Crippen LogP contribution in [0.2, 0.25) is 0 Å². The van der Waals surface area contributed by atoms with Gasteiger partial charge < -0.3 is 15.4 Å². The molecule has 2 unspecified atom stereocenters. The van der Waals surface area contributed by atoms with Gasteiger partial charge in [0, 0.05) is 12.6 Å². The molecule has 0 saturated carbocycles. The number of nitrogens with zero attached hydrogens (tertiary/aromatic N) is 2. The highest BCUT2D eigenvalue weighted by Gasteiger charge is 2.26. The van der Waals surface area contributed by atoms with E-state index in [2.05, 4.69) is 30.7 Å². The summed E-state index contributed by atoms with van der Waals surface area (Å²) >= 11 is 0. The zero-order chi connectivity index (χ0) is 13.8. The summed E-state index contributed by atoms with van der Waals surface area (Å²) in [7, 11) is 0. The Hall–Kier alpha value is -1.45. The van der Waals surface area contributed by atoms with E-state index in [0.717, 1.165) is 18.8 Å². The van der Waals surface area contributed by atoms with Gasteiger partial charge in [-0.2, -0.15) is 4.98 Å². The van der Waals surface area contributed by atoms with Crippen molar-refractivity contribution < 1.29 is 4.74 Å². The Morgan fingerprint density at radius 1 is 1.42 bits per heavy atom. The zero-order valence-corrected chi connectivity index (χ0v) is 12.2. The van der Waals surface area contributed by atoms with Gasteiger partial charge in [0.2, 0.25) is 5.88 Å². The third-order valence-corrected chi connectivity index (χ3v) is 3.99. The van der Waals surface area contributed by atoms with Crippen molar-refractivity contribution in [2.45, 2.75) is 46.1 Å². The Balaban J connectivity index is 2.19. The Bertz CT molecular complexity index is 422. The molecule has 1 aromatic rings. The van der Waals surface area contributed by atoms with Crippen LogP contribution in [-0.2, 0) is 0 Å². The number of anilines is 2. The minimum absolute atomic E-state index is 0.517. The van der Waals surface area contributed by atoms with Crippen molar-refractivity contribution in [3.63, 3.8) is 0 Å². The van der Waals surface area contributed by atoms with Gasteiger partial charge in [-0.3, -0.25) is 0 Å². The molecule has 1 aliphatic rings. The summed E-state index contributed by atoms with van der Waals surface area (Å²) in [6, 6.07) is 4.42. The van der Waals surface area contributed by atoms with Crippen LogP contribution >= 0.6 is 0 Å². The molecule has 4 heteroatoms. The number of hydrogen-bond acceptors (Lipinski definition) is 4. The quantitative estimate of drug-likeness (QED) is 0.907. The van der Waals surface area contributed by atoms with Crippen molar-refractivity contribution in [2.75, 3.05) is 23.8 Å². The second kappa shape index (κ2) is 6.13. The molecule has 4 nitrogen and oxygen atoms in total. The van der Waals surface area contributed by atoms with Gasteiger partial charge in [0.05, 0.1) is 12.3 Å². The highest BCUT2D eigenvalue weighted by molar-refractivity contribution is 5.55. The average molecular weight is 263 g/mol. The molecule has 2 N–H and O–H groups in total. The summed E-state index contributed by atoms with van der Waals surface area (Å²) < 4.78 is 5.62. The molecule has 1 fully saturated rings. The summed E-state index contributed by atoms with van der Waals surface area (Å²) in [6.45, 7) is 8.38. The maximum atomic E-state index is 5.92. The molecule has 2 rings (SSSR count).